The minimum atomic E-state index is -1.28. The number of aliphatic hydroxyl groups excluding tert-OH is 4. The third-order valence-corrected chi connectivity index (χ3v) is 9.48. The van der Waals surface area contributed by atoms with Crippen LogP contribution in [-0.4, -0.2) is 57.3 Å². The van der Waals surface area contributed by atoms with E-state index in [1.165, 1.54) is 141 Å². The highest BCUT2D eigenvalue weighted by Crippen LogP contribution is 2.15. The molecule has 0 aromatic carbocycles. The maximum absolute atomic E-state index is 12.4. The number of amides is 1. The smallest absolute Gasteiger partial charge is 0.249 e. The van der Waals surface area contributed by atoms with Gasteiger partial charge in [-0.25, -0.2) is 0 Å². The number of rotatable bonds is 36. The molecule has 0 radical (unpaired) electrons. The SMILES string of the molecule is CCCCCCCCCCCCC/C=C/CCCC(O)C(O)C(CO)NC(=O)C(O)CCCCCCCCCCCCCCCC. The normalized spacial score (nSPS) is 14.5. The first-order valence-corrected chi connectivity index (χ1v) is 20.1. The average molecular weight is 654 g/mol. The summed E-state index contributed by atoms with van der Waals surface area (Å²) in [4.78, 5) is 12.4. The zero-order chi connectivity index (χ0) is 33.9. The summed E-state index contributed by atoms with van der Waals surface area (Å²) in [6, 6.07) is -0.995. The summed E-state index contributed by atoms with van der Waals surface area (Å²) in [5.41, 5.74) is 0. The Bertz CT molecular complexity index is 658. The quantitative estimate of drug-likeness (QED) is 0.0342. The number of hydrogen-bond donors (Lipinski definition) is 5. The van der Waals surface area contributed by atoms with Crippen molar-refractivity contribution in [1.82, 2.24) is 5.32 Å². The molecule has 1 amide bonds. The van der Waals surface area contributed by atoms with E-state index >= 15 is 0 Å². The second kappa shape index (κ2) is 35.4. The van der Waals surface area contributed by atoms with Gasteiger partial charge in [-0.3, -0.25) is 4.79 Å². The minimum absolute atomic E-state index is 0.367. The van der Waals surface area contributed by atoms with Crippen LogP contribution in [0.25, 0.3) is 0 Å². The summed E-state index contributed by atoms with van der Waals surface area (Å²) < 4.78 is 0. The van der Waals surface area contributed by atoms with Crippen molar-refractivity contribution in [2.45, 2.75) is 231 Å². The van der Waals surface area contributed by atoms with Gasteiger partial charge in [-0.05, 0) is 38.5 Å². The predicted octanol–water partition coefficient (Wildman–Crippen LogP) is 9.85. The first kappa shape index (κ1) is 45.0. The molecule has 0 aliphatic carbocycles. The maximum atomic E-state index is 12.4. The second-order valence-corrected chi connectivity index (χ2v) is 14.0. The average Bonchev–Trinajstić information content (AvgIpc) is 3.06. The van der Waals surface area contributed by atoms with E-state index in [9.17, 15) is 25.2 Å². The van der Waals surface area contributed by atoms with Gasteiger partial charge in [0.05, 0.1) is 18.8 Å². The standard InChI is InChI=1S/C40H79NO5/c1-3-5-7-9-11-13-15-17-19-20-22-23-25-27-29-31-33-37(43)39(45)36(35-42)41-40(46)38(44)34-32-30-28-26-24-21-18-16-14-12-10-8-6-4-2/h25,27,36-39,42-45H,3-24,26,28-35H2,1-2H3,(H,41,46)/b27-25+. The molecule has 0 aromatic rings. The van der Waals surface area contributed by atoms with Crippen LogP contribution < -0.4 is 5.32 Å². The van der Waals surface area contributed by atoms with E-state index in [1.807, 2.05) is 0 Å². The molecule has 6 nitrogen and oxygen atoms in total. The Morgan fingerprint density at radius 2 is 0.891 bits per heavy atom. The highest BCUT2D eigenvalue weighted by molar-refractivity contribution is 5.80. The molecule has 0 aliphatic rings. The topological polar surface area (TPSA) is 110 Å². The number of carbonyl (C=O) groups excluding carboxylic acids is 1. The minimum Gasteiger partial charge on any atom is -0.394 e. The Morgan fingerprint density at radius 3 is 1.30 bits per heavy atom. The zero-order valence-corrected chi connectivity index (χ0v) is 30.6. The molecular weight excluding hydrogens is 574 g/mol. The third kappa shape index (κ3) is 29.2. The van der Waals surface area contributed by atoms with E-state index in [4.69, 9.17) is 0 Å². The molecule has 0 heterocycles. The van der Waals surface area contributed by atoms with Crippen molar-refractivity contribution in [2.24, 2.45) is 0 Å². The van der Waals surface area contributed by atoms with Crippen molar-refractivity contribution in [3.8, 4) is 0 Å². The lowest BCUT2D eigenvalue weighted by molar-refractivity contribution is -0.132. The number of hydrogen-bond acceptors (Lipinski definition) is 5. The number of allylic oxidation sites excluding steroid dienone is 2. The first-order chi connectivity index (χ1) is 22.5. The van der Waals surface area contributed by atoms with Gasteiger partial charge in [-0.2, -0.15) is 0 Å². The van der Waals surface area contributed by atoms with Crippen LogP contribution in [0.15, 0.2) is 12.2 Å². The summed E-state index contributed by atoms with van der Waals surface area (Å²) in [6.07, 6.45) is 36.6. The van der Waals surface area contributed by atoms with Crippen LogP contribution >= 0.6 is 0 Å². The fraction of sp³-hybridized carbons (Fsp3) is 0.925. The molecule has 0 rings (SSSR count). The van der Waals surface area contributed by atoms with Crippen LogP contribution in [0.3, 0.4) is 0 Å². The molecule has 0 fully saturated rings. The number of unbranched alkanes of at least 4 members (excludes halogenated alkanes) is 25. The Balaban J connectivity index is 3.81. The van der Waals surface area contributed by atoms with Crippen LogP contribution in [0.4, 0.5) is 0 Å². The van der Waals surface area contributed by atoms with Crippen LogP contribution in [0.5, 0.6) is 0 Å². The number of aliphatic hydroxyl groups is 4. The molecule has 0 saturated carbocycles. The predicted molar refractivity (Wildman–Crippen MR) is 196 cm³/mol. The summed E-state index contributed by atoms with van der Waals surface area (Å²) in [6.45, 7) is 4.03. The Hall–Kier alpha value is -0.950. The van der Waals surface area contributed by atoms with Gasteiger partial charge in [0.25, 0.3) is 0 Å². The first-order valence-electron chi connectivity index (χ1n) is 20.1. The lowest BCUT2D eigenvalue weighted by atomic mass is 10.00. The largest absolute Gasteiger partial charge is 0.394 e. The molecule has 4 unspecified atom stereocenters. The molecule has 0 spiro atoms. The summed E-state index contributed by atoms with van der Waals surface area (Å²) in [5, 5.41) is 43.5. The summed E-state index contributed by atoms with van der Waals surface area (Å²) >= 11 is 0. The number of carbonyl (C=O) groups is 1. The van der Waals surface area contributed by atoms with E-state index in [0.29, 0.717) is 12.8 Å². The molecular formula is C40H79NO5. The highest BCUT2D eigenvalue weighted by Gasteiger charge is 2.28. The monoisotopic (exact) mass is 654 g/mol. The van der Waals surface area contributed by atoms with Gasteiger partial charge in [0, 0.05) is 0 Å². The fourth-order valence-electron chi connectivity index (χ4n) is 6.23. The highest BCUT2D eigenvalue weighted by atomic mass is 16.3. The Labute approximate surface area is 285 Å². The fourth-order valence-corrected chi connectivity index (χ4v) is 6.23. The van der Waals surface area contributed by atoms with Gasteiger partial charge in [-0.15, -0.1) is 0 Å². The molecule has 6 heteroatoms. The van der Waals surface area contributed by atoms with E-state index < -0.39 is 36.9 Å². The second-order valence-electron chi connectivity index (χ2n) is 14.0. The van der Waals surface area contributed by atoms with E-state index in [0.717, 1.165) is 38.5 Å². The lowest BCUT2D eigenvalue weighted by Gasteiger charge is -2.27. The van der Waals surface area contributed by atoms with E-state index in [2.05, 4.69) is 31.3 Å². The zero-order valence-electron chi connectivity index (χ0n) is 30.6. The molecule has 0 aromatic heterocycles. The third-order valence-electron chi connectivity index (χ3n) is 9.48. The van der Waals surface area contributed by atoms with E-state index in [1.54, 1.807) is 0 Å². The van der Waals surface area contributed by atoms with E-state index in [-0.39, 0.29) is 0 Å². The summed E-state index contributed by atoms with van der Waals surface area (Å²) in [5.74, 6) is -0.592. The van der Waals surface area contributed by atoms with Crippen molar-refractivity contribution in [2.75, 3.05) is 6.61 Å². The van der Waals surface area contributed by atoms with Gasteiger partial charge in [0.15, 0.2) is 0 Å². The van der Waals surface area contributed by atoms with Crippen molar-refractivity contribution < 1.29 is 25.2 Å². The number of nitrogens with one attached hydrogen (secondary N) is 1. The maximum Gasteiger partial charge on any atom is 0.249 e. The molecule has 0 saturated heterocycles. The lowest BCUT2D eigenvalue weighted by Crippen LogP contribution is -2.53. The van der Waals surface area contributed by atoms with Crippen LogP contribution in [0.1, 0.15) is 206 Å². The van der Waals surface area contributed by atoms with Crippen molar-refractivity contribution in [1.29, 1.82) is 0 Å². The molecule has 0 aliphatic heterocycles. The Kier molecular flexibility index (Phi) is 34.6. The summed E-state index contributed by atoms with van der Waals surface area (Å²) in [7, 11) is 0. The molecule has 46 heavy (non-hydrogen) atoms. The van der Waals surface area contributed by atoms with Crippen molar-refractivity contribution in [3.05, 3.63) is 12.2 Å². The van der Waals surface area contributed by atoms with Crippen molar-refractivity contribution >= 4 is 5.91 Å². The Morgan fingerprint density at radius 1 is 0.522 bits per heavy atom. The molecule has 4 atom stereocenters. The van der Waals surface area contributed by atoms with Crippen LogP contribution in [-0.2, 0) is 4.79 Å². The van der Waals surface area contributed by atoms with Gasteiger partial charge < -0.3 is 25.7 Å². The van der Waals surface area contributed by atoms with Gasteiger partial charge >= 0.3 is 0 Å². The van der Waals surface area contributed by atoms with Crippen molar-refractivity contribution in [3.63, 3.8) is 0 Å². The molecule has 5 N–H and O–H groups in total. The molecule has 0 bridgehead atoms. The molecule has 274 valence electrons. The van der Waals surface area contributed by atoms with Crippen LogP contribution in [0, 0.1) is 0 Å². The van der Waals surface area contributed by atoms with Gasteiger partial charge in [-0.1, -0.05) is 180 Å². The van der Waals surface area contributed by atoms with Gasteiger partial charge in [0.2, 0.25) is 5.91 Å². The van der Waals surface area contributed by atoms with Gasteiger partial charge in [0.1, 0.15) is 12.2 Å². The van der Waals surface area contributed by atoms with Crippen LogP contribution in [0.2, 0.25) is 0 Å².